The average molecular weight is 434 g/mol. The summed E-state index contributed by atoms with van der Waals surface area (Å²) in [4.78, 5) is 41.0. The van der Waals surface area contributed by atoms with Crippen molar-refractivity contribution in [2.45, 2.75) is 57.8 Å². The van der Waals surface area contributed by atoms with Crippen molar-refractivity contribution in [1.29, 1.82) is 0 Å². The summed E-state index contributed by atoms with van der Waals surface area (Å²) >= 11 is 0. The zero-order valence-corrected chi connectivity index (χ0v) is 18.7. The van der Waals surface area contributed by atoms with Crippen LogP contribution in [0.2, 0.25) is 0 Å². The number of ether oxygens (including phenoxy) is 2. The van der Waals surface area contributed by atoms with Gasteiger partial charge in [-0.05, 0) is 58.7 Å². The van der Waals surface area contributed by atoms with E-state index in [1.807, 2.05) is 20.8 Å². The molecule has 0 spiro atoms. The number of likely N-dealkylation sites (tertiary alicyclic amines) is 1. The molecule has 1 aromatic rings. The van der Waals surface area contributed by atoms with E-state index in [1.54, 1.807) is 37.1 Å². The lowest BCUT2D eigenvalue weighted by atomic mass is 9.93. The van der Waals surface area contributed by atoms with E-state index in [2.05, 4.69) is 5.32 Å². The minimum Gasteiger partial charge on any atom is -0.487 e. The number of nitrogens with zero attached hydrogens (tertiary/aromatic N) is 2. The molecule has 0 unspecified atom stereocenters. The molecule has 2 N–H and O–H groups in total. The van der Waals surface area contributed by atoms with Crippen molar-refractivity contribution < 1.29 is 29.0 Å². The van der Waals surface area contributed by atoms with Gasteiger partial charge in [0, 0.05) is 31.2 Å². The third kappa shape index (κ3) is 5.46. The van der Waals surface area contributed by atoms with Crippen molar-refractivity contribution in [3.63, 3.8) is 0 Å². The predicted molar refractivity (Wildman–Crippen MR) is 114 cm³/mol. The molecule has 9 nitrogen and oxygen atoms in total. The fourth-order valence-electron chi connectivity index (χ4n) is 3.53. The van der Waals surface area contributed by atoms with Crippen LogP contribution in [-0.2, 0) is 9.53 Å². The quantitative estimate of drug-likeness (QED) is 0.738. The van der Waals surface area contributed by atoms with Gasteiger partial charge in [-0.3, -0.25) is 9.59 Å². The Balaban J connectivity index is 1.74. The van der Waals surface area contributed by atoms with E-state index in [4.69, 9.17) is 9.47 Å². The first-order valence-electron chi connectivity index (χ1n) is 10.4. The summed E-state index contributed by atoms with van der Waals surface area (Å²) in [5.74, 6) is -0.182. The van der Waals surface area contributed by atoms with Crippen LogP contribution in [-0.4, -0.2) is 71.9 Å². The molecule has 31 heavy (non-hydrogen) atoms. The van der Waals surface area contributed by atoms with Crippen LogP contribution in [0.4, 0.5) is 10.5 Å². The maximum absolute atomic E-state index is 12.9. The van der Waals surface area contributed by atoms with E-state index in [0.29, 0.717) is 42.9 Å². The van der Waals surface area contributed by atoms with Gasteiger partial charge in [0.1, 0.15) is 12.4 Å². The fourth-order valence-corrected chi connectivity index (χ4v) is 3.53. The highest BCUT2D eigenvalue weighted by molar-refractivity contribution is 6.01. The molecule has 0 saturated carbocycles. The highest BCUT2D eigenvalue weighted by Gasteiger charge is 2.34. The Labute approximate surface area is 182 Å². The summed E-state index contributed by atoms with van der Waals surface area (Å²) in [6.07, 6.45) is -0.782. The smallest absolute Gasteiger partial charge is 0.408 e. The third-order valence-electron chi connectivity index (χ3n) is 5.42. The van der Waals surface area contributed by atoms with Crippen molar-refractivity contribution >= 4 is 23.6 Å². The van der Waals surface area contributed by atoms with E-state index in [9.17, 15) is 19.5 Å². The second-order valence-electron chi connectivity index (χ2n) is 9.45. The lowest BCUT2D eigenvalue weighted by Gasteiger charge is -2.35. The first kappa shape index (κ1) is 22.9. The number of rotatable bonds is 2. The Morgan fingerprint density at radius 3 is 2.52 bits per heavy atom. The number of piperidine rings is 1. The molecule has 0 aromatic heterocycles. The summed E-state index contributed by atoms with van der Waals surface area (Å²) in [5, 5.41) is 12.8. The van der Waals surface area contributed by atoms with Crippen LogP contribution in [0.25, 0.3) is 0 Å². The van der Waals surface area contributed by atoms with E-state index in [0.717, 1.165) is 0 Å². The fraction of sp³-hybridized carbons (Fsp3) is 0.591. The maximum Gasteiger partial charge on any atom is 0.408 e. The summed E-state index contributed by atoms with van der Waals surface area (Å²) in [6.45, 7) is 8.01. The van der Waals surface area contributed by atoms with Crippen LogP contribution in [0.5, 0.6) is 5.75 Å². The first-order chi connectivity index (χ1) is 14.4. The van der Waals surface area contributed by atoms with E-state index >= 15 is 0 Å². The lowest BCUT2D eigenvalue weighted by Crippen LogP contribution is -2.47. The number of likely N-dealkylation sites (N-methyl/N-ethyl adjacent to an activating group) is 1. The predicted octanol–water partition coefficient (Wildman–Crippen LogP) is 1.92. The van der Waals surface area contributed by atoms with Crippen molar-refractivity contribution in [2.75, 3.05) is 31.6 Å². The molecule has 3 amide bonds. The standard InChI is InChI=1S/C22H31N3O6/c1-21(2,3)23-20(28)31-17-13-30-16-7-6-14(12-15(16)24(5)19(17)27)18(26)25-10-8-22(4,29)9-11-25/h6-7,12,17,29H,8-11,13H2,1-5H3,(H,23,28)/t17-/m0/s1. The van der Waals surface area contributed by atoms with Crippen LogP contribution in [0.3, 0.4) is 0 Å². The van der Waals surface area contributed by atoms with Crippen molar-refractivity contribution in [3.05, 3.63) is 23.8 Å². The number of aliphatic hydroxyl groups is 1. The van der Waals surface area contributed by atoms with Crippen LogP contribution in [0.15, 0.2) is 18.2 Å². The first-order valence-corrected chi connectivity index (χ1v) is 10.4. The normalized spacial score (nSPS) is 21.0. The zero-order valence-electron chi connectivity index (χ0n) is 18.7. The highest BCUT2D eigenvalue weighted by atomic mass is 16.6. The van der Waals surface area contributed by atoms with Gasteiger partial charge in [-0.15, -0.1) is 0 Å². The van der Waals surface area contributed by atoms with Crippen LogP contribution >= 0.6 is 0 Å². The Morgan fingerprint density at radius 2 is 1.90 bits per heavy atom. The molecule has 1 saturated heterocycles. The number of hydrogen-bond donors (Lipinski definition) is 2. The van der Waals surface area contributed by atoms with Crippen molar-refractivity contribution in [2.24, 2.45) is 0 Å². The second-order valence-corrected chi connectivity index (χ2v) is 9.45. The number of carbonyl (C=O) groups is 3. The monoisotopic (exact) mass is 433 g/mol. The van der Waals surface area contributed by atoms with Crippen LogP contribution < -0.4 is 15.0 Å². The van der Waals surface area contributed by atoms with Gasteiger partial charge in [-0.25, -0.2) is 4.79 Å². The summed E-state index contributed by atoms with van der Waals surface area (Å²) in [7, 11) is 1.56. The van der Waals surface area contributed by atoms with Crippen LogP contribution in [0, 0.1) is 0 Å². The molecule has 1 fully saturated rings. The van der Waals surface area contributed by atoms with Gasteiger partial charge >= 0.3 is 6.09 Å². The zero-order chi connectivity index (χ0) is 23.0. The number of hydrogen-bond acceptors (Lipinski definition) is 6. The summed E-state index contributed by atoms with van der Waals surface area (Å²) < 4.78 is 11.0. The van der Waals surface area contributed by atoms with Crippen LogP contribution in [0.1, 0.15) is 50.9 Å². The molecule has 170 valence electrons. The highest BCUT2D eigenvalue weighted by Crippen LogP contribution is 2.33. The van der Waals surface area contributed by atoms with Gasteiger partial charge in [0.2, 0.25) is 6.10 Å². The minimum atomic E-state index is -1.11. The Kier molecular flexibility index (Phi) is 6.18. The number of amides is 3. The molecule has 0 aliphatic carbocycles. The molecule has 9 heteroatoms. The SMILES string of the molecule is CN1C(=O)[C@@H](OC(=O)NC(C)(C)C)COc2ccc(C(=O)N3CCC(C)(O)CC3)cc21. The molecule has 2 aliphatic heterocycles. The number of nitrogens with one attached hydrogen (secondary N) is 1. The van der Waals surface area contributed by atoms with E-state index < -0.39 is 29.2 Å². The molecule has 1 aromatic carbocycles. The molecule has 1 atom stereocenters. The number of carbonyl (C=O) groups excluding carboxylic acids is 3. The van der Waals surface area contributed by atoms with Gasteiger partial charge in [-0.2, -0.15) is 0 Å². The molecule has 0 radical (unpaired) electrons. The third-order valence-corrected chi connectivity index (χ3v) is 5.42. The number of benzene rings is 1. The number of anilines is 1. The van der Waals surface area contributed by atoms with Gasteiger partial charge < -0.3 is 29.7 Å². The molecule has 2 heterocycles. The molecular weight excluding hydrogens is 402 g/mol. The number of alkyl carbamates (subject to hydrolysis) is 1. The van der Waals surface area contributed by atoms with Gasteiger partial charge in [-0.1, -0.05) is 0 Å². The molecular formula is C22H31N3O6. The second kappa shape index (κ2) is 8.37. The largest absolute Gasteiger partial charge is 0.487 e. The van der Waals surface area contributed by atoms with Gasteiger partial charge in [0.05, 0.1) is 11.3 Å². The topological polar surface area (TPSA) is 108 Å². The van der Waals surface area contributed by atoms with Gasteiger partial charge in [0.15, 0.2) is 0 Å². The van der Waals surface area contributed by atoms with Gasteiger partial charge in [0.25, 0.3) is 11.8 Å². The Hall–Kier alpha value is -2.81. The Bertz CT molecular complexity index is 866. The molecule has 2 aliphatic rings. The average Bonchev–Trinajstić information content (AvgIpc) is 2.78. The molecule has 3 rings (SSSR count). The summed E-state index contributed by atoms with van der Waals surface area (Å²) in [6, 6.07) is 4.91. The number of fused-ring (bicyclic) bond motifs is 1. The minimum absolute atomic E-state index is 0.123. The van der Waals surface area contributed by atoms with Crippen molar-refractivity contribution in [3.8, 4) is 5.75 Å². The Morgan fingerprint density at radius 1 is 1.26 bits per heavy atom. The van der Waals surface area contributed by atoms with E-state index in [1.165, 1.54) is 4.90 Å². The summed E-state index contributed by atoms with van der Waals surface area (Å²) in [5.41, 5.74) is -0.396. The lowest BCUT2D eigenvalue weighted by molar-refractivity contribution is -0.127. The molecule has 0 bridgehead atoms. The van der Waals surface area contributed by atoms with Crippen molar-refractivity contribution in [1.82, 2.24) is 10.2 Å². The van der Waals surface area contributed by atoms with E-state index in [-0.39, 0.29) is 12.5 Å². The maximum atomic E-state index is 12.9.